The van der Waals surface area contributed by atoms with Crippen molar-refractivity contribution in [1.29, 1.82) is 0 Å². The van der Waals surface area contributed by atoms with Crippen LogP contribution in [0.15, 0.2) is 24.3 Å². The average Bonchev–Trinajstić information content (AvgIpc) is 2.31. The Balaban J connectivity index is 2.43. The van der Waals surface area contributed by atoms with Crippen LogP contribution in [0.4, 0.5) is 0 Å². The zero-order valence-corrected chi connectivity index (χ0v) is 10.4. The molecule has 0 saturated carbocycles. The van der Waals surface area contributed by atoms with Gasteiger partial charge in [-0.15, -0.1) is 0 Å². The van der Waals surface area contributed by atoms with Crippen LogP contribution in [0, 0.1) is 11.8 Å². The van der Waals surface area contributed by atoms with Crippen LogP contribution in [0.1, 0.15) is 12.0 Å². The van der Waals surface area contributed by atoms with Crippen molar-refractivity contribution in [3.05, 3.63) is 29.8 Å². The minimum atomic E-state index is 0.110. The molecule has 0 aromatic heterocycles. The molecule has 1 aromatic rings. The fraction of sp³-hybridized carbons (Fsp3) is 0.429. The van der Waals surface area contributed by atoms with Gasteiger partial charge in [0.1, 0.15) is 12.4 Å². The van der Waals surface area contributed by atoms with Crippen molar-refractivity contribution in [3.8, 4) is 17.6 Å². The number of likely N-dealkylation sites (N-methyl/N-ethyl adjacent to an activating group) is 1. The summed E-state index contributed by atoms with van der Waals surface area (Å²) in [5.41, 5.74) is 0.943. The van der Waals surface area contributed by atoms with Crippen LogP contribution >= 0.6 is 0 Å². The second-order valence-electron chi connectivity index (χ2n) is 3.95. The largest absolute Gasteiger partial charge is 0.492 e. The molecule has 1 aromatic carbocycles. The van der Waals surface area contributed by atoms with E-state index in [2.05, 4.69) is 16.7 Å². The van der Waals surface area contributed by atoms with Gasteiger partial charge in [0.15, 0.2) is 0 Å². The molecule has 17 heavy (non-hydrogen) atoms. The summed E-state index contributed by atoms with van der Waals surface area (Å²) in [5.74, 6) is 6.72. The predicted octanol–water partition coefficient (Wildman–Crippen LogP) is 1.36. The smallest absolute Gasteiger partial charge is 0.119 e. The summed E-state index contributed by atoms with van der Waals surface area (Å²) in [7, 11) is 4.03. The van der Waals surface area contributed by atoms with Gasteiger partial charge in [-0.05, 0) is 38.4 Å². The molecule has 0 spiro atoms. The molecule has 0 heterocycles. The number of aliphatic hydroxyl groups excluding tert-OH is 1. The van der Waals surface area contributed by atoms with E-state index in [0.29, 0.717) is 13.0 Å². The van der Waals surface area contributed by atoms with Crippen molar-refractivity contribution in [2.75, 3.05) is 33.9 Å². The highest BCUT2D eigenvalue weighted by atomic mass is 16.5. The molecule has 92 valence electrons. The first-order valence-corrected chi connectivity index (χ1v) is 5.69. The molecule has 0 unspecified atom stereocenters. The van der Waals surface area contributed by atoms with Gasteiger partial charge >= 0.3 is 0 Å². The van der Waals surface area contributed by atoms with Gasteiger partial charge in [-0.2, -0.15) is 0 Å². The second-order valence-corrected chi connectivity index (χ2v) is 3.95. The number of nitrogens with zero attached hydrogens (tertiary/aromatic N) is 1. The highest BCUT2D eigenvalue weighted by molar-refractivity contribution is 5.38. The van der Waals surface area contributed by atoms with Gasteiger partial charge in [-0.3, -0.25) is 0 Å². The fourth-order valence-electron chi connectivity index (χ4n) is 1.20. The van der Waals surface area contributed by atoms with Crippen LogP contribution in [-0.2, 0) is 0 Å². The topological polar surface area (TPSA) is 32.7 Å². The van der Waals surface area contributed by atoms with E-state index in [1.54, 1.807) is 0 Å². The number of hydrogen-bond acceptors (Lipinski definition) is 3. The zero-order chi connectivity index (χ0) is 12.5. The summed E-state index contributed by atoms with van der Waals surface area (Å²) in [5, 5.41) is 8.60. The van der Waals surface area contributed by atoms with E-state index in [-0.39, 0.29) is 6.61 Å². The molecular formula is C14H19NO2. The Morgan fingerprint density at radius 1 is 1.24 bits per heavy atom. The van der Waals surface area contributed by atoms with Crippen LogP contribution in [0.2, 0.25) is 0 Å². The molecule has 3 nitrogen and oxygen atoms in total. The SMILES string of the molecule is CN(C)CCOc1ccc(C#CCCO)cc1. The van der Waals surface area contributed by atoms with Crippen molar-refractivity contribution < 1.29 is 9.84 Å². The van der Waals surface area contributed by atoms with Crippen molar-refractivity contribution in [3.63, 3.8) is 0 Å². The number of aliphatic hydroxyl groups is 1. The van der Waals surface area contributed by atoms with Crippen LogP contribution in [0.25, 0.3) is 0 Å². The lowest BCUT2D eigenvalue weighted by atomic mass is 10.2. The lowest BCUT2D eigenvalue weighted by molar-refractivity contribution is 0.261. The van der Waals surface area contributed by atoms with Crippen molar-refractivity contribution in [2.45, 2.75) is 6.42 Å². The van der Waals surface area contributed by atoms with Gasteiger partial charge in [-0.1, -0.05) is 11.8 Å². The number of rotatable bonds is 5. The Bertz CT molecular complexity index is 373. The first kappa shape index (κ1) is 13.6. The summed E-state index contributed by atoms with van der Waals surface area (Å²) >= 11 is 0. The average molecular weight is 233 g/mol. The highest BCUT2D eigenvalue weighted by Gasteiger charge is 1.94. The van der Waals surface area contributed by atoms with Crippen LogP contribution < -0.4 is 4.74 Å². The molecule has 0 bridgehead atoms. The van der Waals surface area contributed by atoms with Crippen molar-refractivity contribution in [2.24, 2.45) is 0 Å². The molecule has 0 aliphatic heterocycles. The molecule has 3 heteroatoms. The van der Waals surface area contributed by atoms with E-state index in [4.69, 9.17) is 9.84 Å². The van der Waals surface area contributed by atoms with Crippen molar-refractivity contribution in [1.82, 2.24) is 4.90 Å². The van der Waals surface area contributed by atoms with E-state index in [1.807, 2.05) is 38.4 Å². The van der Waals surface area contributed by atoms with Gasteiger partial charge in [-0.25, -0.2) is 0 Å². The molecule has 0 fully saturated rings. The maximum atomic E-state index is 8.60. The van der Waals surface area contributed by atoms with E-state index in [9.17, 15) is 0 Å². The Hall–Kier alpha value is -1.50. The molecule has 0 radical (unpaired) electrons. The summed E-state index contributed by atoms with van der Waals surface area (Å²) in [6, 6.07) is 7.68. The van der Waals surface area contributed by atoms with Gasteiger partial charge in [0.05, 0.1) is 6.61 Å². The predicted molar refractivity (Wildman–Crippen MR) is 69.1 cm³/mol. The quantitative estimate of drug-likeness (QED) is 0.779. The van der Waals surface area contributed by atoms with E-state index in [0.717, 1.165) is 17.9 Å². The summed E-state index contributed by atoms with van der Waals surface area (Å²) < 4.78 is 5.57. The van der Waals surface area contributed by atoms with Crippen LogP contribution in [-0.4, -0.2) is 43.9 Å². The number of benzene rings is 1. The molecule has 0 aliphatic carbocycles. The van der Waals surface area contributed by atoms with Gasteiger partial charge in [0.25, 0.3) is 0 Å². The van der Waals surface area contributed by atoms with Crippen LogP contribution in [0.3, 0.4) is 0 Å². The first-order valence-electron chi connectivity index (χ1n) is 5.69. The summed E-state index contributed by atoms with van der Waals surface area (Å²) in [6.45, 7) is 1.69. The first-order chi connectivity index (χ1) is 8.22. The normalized spacial score (nSPS) is 9.88. The Morgan fingerprint density at radius 3 is 2.53 bits per heavy atom. The molecule has 0 aliphatic rings. The minimum absolute atomic E-state index is 0.110. The van der Waals surface area contributed by atoms with Gasteiger partial charge < -0.3 is 14.7 Å². The zero-order valence-electron chi connectivity index (χ0n) is 10.4. The van der Waals surface area contributed by atoms with E-state index in [1.165, 1.54) is 0 Å². The van der Waals surface area contributed by atoms with E-state index >= 15 is 0 Å². The van der Waals surface area contributed by atoms with Gasteiger partial charge in [0, 0.05) is 18.5 Å². The third kappa shape index (κ3) is 5.96. The Morgan fingerprint density at radius 2 is 1.94 bits per heavy atom. The Labute approximate surface area is 103 Å². The van der Waals surface area contributed by atoms with Crippen molar-refractivity contribution >= 4 is 0 Å². The van der Waals surface area contributed by atoms with Crippen LogP contribution in [0.5, 0.6) is 5.75 Å². The minimum Gasteiger partial charge on any atom is -0.492 e. The molecule has 0 atom stereocenters. The second kappa shape index (κ2) is 7.72. The highest BCUT2D eigenvalue weighted by Crippen LogP contribution is 2.11. The third-order valence-electron chi connectivity index (χ3n) is 2.13. The molecule has 0 saturated heterocycles. The maximum absolute atomic E-state index is 8.60. The van der Waals surface area contributed by atoms with Gasteiger partial charge in [0.2, 0.25) is 0 Å². The fourth-order valence-corrected chi connectivity index (χ4v) is 1.20. The summed E-state index contributed by atoms with van der Waals surface area (Å²) in [4.78, 5) is 2.08. The monoisotopic (exact) mass is 233 g/mol. The lowest BCUT2D eigenvalue weighted by Crippen LogP contribution is -2.19. The summed E-state index contributed by atoms with van der Waals surface area (Å²) in [6.07, 6.45) is 0.515. The molecule has 0 amide bonds. The molecule has 1 rings (SSSR count). The number of hydrogen-bond donors (Lipinski definition) is 1. The van der Waals surface area contributed by atoms with E-state index < -0.39 is 0 Å². The lowest BCUT2D eigenvalue weighted by Gasteiger charge is -2.10. The maximum Gasteiger partial charge on any atom is 0.119 e. The molecular weight excluding hydrogens is 214 g/mol. The standard InChI is InChI=1S/C14H19NO2/c1-15(2)10-12-17-14-8-6-13(7-9-14)5-3-4-11-16/h6-9,16H,4,10-12H2,1-2H3. The Kier molecular flexibility index (Phi) is 6.16. The number of ether oxygens (including phenoxy) is 1. The molecule has 1 N–H and O–H groups in total. The third-order valence-corrected chi connectivity index (χ3v) is 2.13.